The van der Waals surface area contributed by atoms with Crippen molar-refractivity contribution in [3.05, 3.63) is 65.4 Å². The molecule has 1 aromatic carbocycles. The van der Waals surface area contributed by atoms with Crippen LogP contribution < -0.4 is 0 Å². The molecular weight excluding hydrogens is 334 g/mol. The predicted molar refractivity (Wildman–Crippen MR) is 92.6 cm³/mol. The van der Waals surface area contributed by atoms with Crippen molar-refractivity contribution in [1.82, 2.24) is 14.9 Å². The number of H-pyrrole nitrogens is 1. The van der Waals surface area contributed by atoms with E-state index in [2.05, 4.69) is 9.97 Å². The highest BCUT2D eigenvalue weighted by atomic mass is 16.4. The number of aromatic nitrogens is 2. The molecule has 0 spiro atoms. The molecule has 2 aromatic heterocycles. The van der Waals surface area contributed by atoms with Crippen LogP contribution in [0.4, 0.5) is 0 Å². The van der Waals surface area contributed by atoms with Gasteiger partial charge >= 0.3 is 5.97 Å². The summed E-state index contributed by atoms with van der Waals surface area (Å²) in [6.07, 6.45) is 1.99. The van der Waals surface area contributed by atoms with Crippen molar-refractivity contribution in [1.29, 1.82) is 0 Å². The molecule has 0 bridgehead atoms. The quantitative estimate of drug-likeness (QED) is 0.756. The number of benzene rings is 1. The number of aliphatic carboxylic acids is 1. The first-order valence-electron chi connectivity index (χ1n) is 8.28. The zero-order valence-corrected chi connectivity index (χ0v) is 14.1. The van der Waals surface area contributed by atoms with Crippen LogP contribution in [0, 0.1) is 6.92 Å². The summed E-state index contributed by atoms with van der Waals surface area (Å²) in [5.74, 6) is -0.434. The molecule has 1 atom stereocenters. The molecule has 0 aliphatic carbocycles. The topological polar surface area (TPSA) is 99.4 Å². The van der Waals surface area contributed by atoms with Crippen LogP contribution in [0.1, 0.15) is 33.5 Å². The third kappa shape index (κ3) is 2.57. The number of imidazole rings is 1. The van der Waals surface area contributed by atoms with Gasteiger partial charge in [-0.05, 0) is 13.0 Å². The largest absolute Gasteiger partial charge is 0.479 e. The Morgan fingerprint density at radius 2 is 2.08 bits per heavy atom. The number of carbonyl (C=O) groups is 2. The summed E-state index contributed by atoms with van der Waals surface area (Å²) in [6.45, 7) is 2.06. The Bertz CT molecular complexity index is 974. The SMILES string of the molecule is Cc1cc(C(=O)N2CCc3[nH]cnc3[C@H]2C(=O)O)c(-c2ccccc2)o1. The van der Waals surface area contributed by atoms with Crippen LogP contribution in [0.5, 0.6) is 0 Å². The molecule has 0 radical (unpaired) electrons. The first-order chi connectivity index (χ1) is 12.6. The summed E-state index contributed by atoms with van der Waals surface area (Å²) in [5.41, 5.74) is 2.28. The van der Waals surface area contributed by atoms with Crippen molar-refractivity contribution in [3.8, 4) is 11.3 Å². The number of fused-ring (bicyclic) bond motifs is 1. The Balaban J connectivity index is 1.76. The Morgan fingerprint density at radius 3 is 2.81 bits per heavy atom. The van der Waals surface area contributed by atoms with Crippen molar-refractivity contribution in [2.45, 2.75) is 19.4 Å². The lowest BCUT2D eigenvalue weighted by Crippen LogP contribution is -2.43. The van der Waals surface area contributed by atoms with Gasteiger partial charge in [-0.3, -0.25) is 4.79 Å². The molecule has 3 aromatic rings. The standard InChI is InChI=1S/C19H17N3O4/c1-11-9-13(17(26-11)12-5-3-2-4-6-12)18(23)22-8-7-14-15(21-10-20-14)16(22)19(24)25/h2-6,9-10,16H,7-8H2,1H3,(H,20,21)(H,24,25)/t16-/m0/s1. The highest BCUT2D eigenvalue weighted by Gasteiger charge is 2.39. The molecule has 0 saturated carbocycles. The van der Waals surface area contributed by atoms with Gasteiger partial charge in [0.2, 0.25) is 0 Å². The molecular formula is C19H17N3O4. The van der Waals surface area contributed by atoms with Gasteiger partial charge in [0.25, 0.3) is 5.91 Å². The van der Waals surface area contributed by atoms with Crippen molar-refractivity contribution in [2.75, 3.05) is 6.54 Å². The molecule has 1 aliphatic rings. The monoisotopic (exact) mass is 351 g/mol. The minimum Gasteiger partial charge on any atom is -0.479 e. The number of hydrogen-bond acceptors (Lipinski definition) is 4. The first kappa shape index (κ1) is 16.1. The van der Waals surface area contributed by atoms with Gasteiger partial charge in [-0.2, -0.15) is 0 Å². The molecule has 7 nitrogen and oxygen atoms in total. The third-order valence-electron chi connectivity index (χ3n) is 4.54. The zero-order chi connectivity index (χ0) is 18.3. The highest BCUT2D eigenvalue weighted by Crippen LogP contribution is 2.33. The minimum atomic E-state index is -1.11. The summed E-state index contributed by atoms with van der Waals surface area (Å²) in [5, 5.41) is 9.69. The number of aromatic amines is 1. The lowest BCUT2D eigenvalue weighted by molar-refractivity contribution is -0.143. The highest BCUT2D eigenvalue weighted by molar-refractivity contribution is 6.01. The lowest BCUT2D eigenvalue weighted by atomic mass is 10.0. The Labute approximate surface area is 149 Å². The van der Waals surface area contributed by atoms with Crippen molar-refractivity contribution in [2.24, 2.45) is 0 Å². The van der Waals surface area contributed by atoms with E-state index >= 15 is 0 Å². The molecule has 4 rings (SSSR count). The van der Waals surface area contributed by atoms with Gasteiger partial charge in [-0.25, -0.2) is 9.78 Å². The minimum absolute atomic E-state index is 0.295. The summed E-state index contributed by atoms with van der Waals surface area (Å²) >= 11 is 0. The van der Waals surface area contributed by atoms with Crippen molar-refractivity contribution < 1.29 is 19.1 Å². The molecule has 0 fully saturated rings. The lowest BCUT2D eigenvalue weighted by Gasteiger charge is -2.32. The molecule has 132 valence electrons. The van der Waals surface area contributed by atoms with Crippen LogP contribution in [-0.4, -0.2) is 38.4 Å². The van der Waals surface area contributed by atoms with Gasteiger partial charge in [0, 0.05) is 24.2 Å². The fourth-order valence-electron chi connectivity index (χ4n) is 3.38. The van der Waals surface area contributed by atoms with E-state index in [4.69, 9.17) is 4.42 Å². The van der Waals surface area contributed by atoms with Gasteiger partial charge in [0.1, 0.15) is 11.5 Å². The van der Waals surface area contributed by atoms with E-state index in [9.17, 15) is 14.7 Å². The van der Waals surface area contributed by atoms with Gasteiger partial charge in [0.05, 0.1) is 17.6 Å². The molecule has 1 aliphatic heterocycles. The van der Waals surface area contributed by atoms with E-state index in [1.54, 1.807) is 13.0 Å². The first-order valence-corrected chi connectivity index (χ1v) is 8.28. The second kappa shape index (κ2) is 6.18. The van der Waals surface area contributed by atoms with Gasteiger partial charge in [-0.15, -0.1) is 0 Å². The maximum atomic E-state index is 13.2. The fourth-order valence-corrected chi connectivity index (χ4v) is 3.38. The smallest absolute Gasteiger partial charge is 0.332 e. The van der Waals surface area contributed by atoms with E-state index in [0.717, 1.165) is 11.3 Å². The Morgan fingerprint density at radius 1 is 1.31 bits per heavy atom. The molecule has 0 unspecified atom stereocenters. The predicted octanol–water partition coefficient (Wildman–Crippen LogP) is 2.80. The zero-order valence-electron chi connectivity index (χ0n) is 14.1. The fraction of sp³-hybridized carbons (Fsp3) is 0.211. The summed E-state index contributed by atoms with van der Waals surface area (Å²) in [4.78, 5) is 33.5. The number of hydrogen-bond donors (Lipinski definition) is 2. The van der Waals surface area contributed by atoms with Crippen LogP contribution in [0.15, 0.2) is 47.1 Å². The van der Waals surface area contributed by atoms with Gasteiger partial charge in [-0.1, -0.05) is 30.3 Å². The second-order valence-corrected chi connectivity index (χ2v) is 6.22. The number of carboxylic acids is 1. The number of furan rings is 1. The Kier molecular flexibility index (Phi) is 3.84. The molecule has 26 heavy (non-hydrogen) atoms. The second-order valence-electron chi connectivity index (χ2n) is 6.22. The van der Waals surface area contributed by atoms with E-state index in [-0.39, 0.29) is 5.91 Å². The Hall–Kier alpha value is -3.35. The van der Waals surface area contributed by atoms with Crippen LogP contribution in [-0.2, 0) is 11.2 Å². The van der Waals surface area contributed by atoms with E-state index in [1.807, 2.05) is 30.3 Å². The summed E-state index contributed by atoms with van der Waals surface area (Å²) in [7, 11) is 0. The molecule has 0 saturated heterocycles. The van der Waals surface area contributed by atoms with Crippen molar-refractivity contribution in [3.63, 3.8) is 0 Å². The van der Waals surface area contributed by atoms with E-state index in [1.165, 1.54) is 11.2 Å². The number of carboxylic acid groups (broad SMARTS) is 1. The van der Waals surface area contributed by atoms with Crippen molar-refractivity contribution >= 4 is 11.9 Å². The maximum Gasteiger partial charge on any atom is 0.332 e. The molecule has 2 N–H and O–H groups in total. The van der Waals surface area contributed by atoms with Crippen LogP contribution in [0.3, 0.4) is 0 Å². The third-order valence-corrected chi connectivity index (χ3v) is 4.54. The maximum absolute atomic E-state index is 13.2. The normalized spacial score (nSPS) is 16.3. The number of nitrogens with one attached hydrogen (secondary N) is 1. The summed E-state index contributed by atoms with van der Waals surface area (Å²) in [6, 6.07) is 9.85. The molecule has 1 amide bonds. The van der Waals surface area contributed by atoms with Gasteiger partial charge in [0.15, 0.2) is 6.04 Å². The van der Waals surface area contributed by atoms with Crippen LogP contribution in [0.25, 0.3) is 11.3 Å². The average Bonchev–Trinajstić information content (AvgIpc) is 3.27. The number of rotatable bonds is 3. The average molecular weight is 351 g/mol. The van der Waals surface area contributed by atoms with Crippen LogP contribution in [0.2, 0.25) is 0 Å². The number of amides is 1. The number of nitrogens with zero attached hydrogens (tertiary/aromatic N) is 2. The van der Waals surface area contributed by atoms with E-state index < -0.39 is 12.0 Å². The van der Waals surface area contributed by atoms with Gasteiger partial charge < -0.3 is 19.4 Å². The molecule has 3 heterocycles. The van der Waals surface area contributed by atoms with E-state index in [0.29, 0.717) is 35.7 Å². The summed E-state index contributed by atoms with van der Waals surface area (Å²) < 4.78 is 5.75. The molecule has 7 heteroatoms. The van der Waals surface area contributed by atoms with Crippen LogP contribution >= 0.6 is 0 Å². The number of carbonyl (C=O) groups excluding carboxylic acids is 1. The number of aryl methyl sites for hydroxylation is 1.